The van der Waals surface area contributed by atoms with Crippen LogP contribution in [0.4, 0.5) is 5.69 Å². The van der Waals surface area contributed by atoms with Crippen LogP contribution in [0.1, 0.15) is 34.1 Å². The summed E-state index contributed by atoms with van der Waals surface area (Å²) in [5.41, 5.74) is -0.668. The van der Waals surface area contributed by atoms with Crippen molar-refractivity contribution in [1.82, 2.24) is 4.90 Å². The number of sulfonamides is 1. The Bertz CT molecular complexity index is 903. The predicted octanol–water partition coefficient (Wildman–Crippen LogP) is 2.05. The summed E-state index contributed by atoms with van der Waals surface area (Å²) in [6.45, 7) is 7.92. The number of benzene rings is 1. The molecule has 8 heteroatoms. The van der Waals surface area contributed by atoms with Gasteiger partial charge in [0.2, 0.25) is 5.91 Å². The van der Waals surface area contributed by atoms with Crippen LogP contribution in [-0.4, -0.2) is 42.9 Å². The van der Waals surface area contributed by atoms with Crippen LogP contribution in [0.5, 0.6) is 0 Å². The lowest BCUT2D eigenvalue weighted by atomic mass is 9.93. The van der Waals surface area contributed by atoms with E-state index in [9.17, 15) is 18.0 Å². The van der Waals surface area contributed by atoms with Crippen LogP contribution in [0.2, 0.25) is 0 Å². The molecule has 1 unspecified atom stereocenters. The molecule has 26 heavy (non-hydrogen) atoms. The first-order valence-electron chi connectivity index (χ1n) is 8.62. The van der Waals surface area contributed by atoms with Crippen LogP contribution in [0, 0.1) is 11.8 Å². The lowest BCUT2D eigenvalue weighted by molar-refractivity contribution is -0.132. The van der Waals surface area contributed by atoms with Gasteiger partial charge in [-0.25, -0.2) is 0 Å². The van der Waals surface area contributed by atoms with Gasteiger partial charge in [-0.2, -0.15) is 8.42 Å². The van der Waals surface area contributed by atoms with Crippen LogP contribution >= 0.6 is 0 Å². The maximum Gasteiger partial charge on any atom is 0.286 e. The molecule has 0 saturated carbocycles. The van der Waals surface area contributed by atoms with E-state index in [-0.39, 0.29) is 16.5 Å². The molecule has 0 spiro atoms. The van der Waals surface area contributed by atoms with Gasteiger partial charge in [0.25, 0.3) is 10.0 Å². The Morgan fingerprint density at radius 1 is 1.23 bits per heavy atom. The Morgan fingerprint density at radius 2 is 1.88 bits per heavy atom. The summed E-state index contributed by atoms with van der Waals surface area (Å²) in [5, 5.41) is 2.88. The van der Waals surface area contributed by atoms with Crippen molar-refractivity contribution in [2.75, 3.05) is 11.9 Å². The second-order valence-corrected chi connectivity index (χ2v) is 9.17. The molecular formula is C18H23N3O4S. The summed E-state index contributed by atoms with van der Waals surface area (Å²) in [4.78, 5) is 27.5. The van der Waals surface area contributed by atoms with Crippen molar-refractivity contribution in [1.29, 1.82) is 0 Å². The zero-order valence-corrected chi connectivity index (χ0v) is 16.1. The minimum absolute atomic E-state index is 0.0394. The molecule has 1 fully saturated rings. The monoisotopic (exact) mass is 377 g/mol. The summed E-state index contributed by atoms with van der Waals surface area (Å²) in [6.07, 6.45) is 0.760. The van der Waals surface area contributed by atoms with Crippen LogP contribution in [0.25, 0.3) is 0 Å². The lowest BCUT2D eigenvalue weighted by Gasteiger charge is -2.30. The molecule has 7 nitrogen and oxygen atoms in total. The van der Waals surface area contributed by atoms with Gasteiger partial charge in [0.05, 0.1) is 11.2 Å². The van der Waals surface area contributed by atoms with Gasteiger partial charge < -0.3 is 10.2 Å². The van der Waals surface area contributed by atoms with Gasteiger partial charge in [0, 0.05) is 6.54 Å². The summed E-state index contributed by atoms with van der Waals surface area (Å²) >= 11 is 0. The molecule has 2 aliphatic heterocycles. The predicted molar refractivity (Wildman–Crippen MR) is 98.4 cm³/mol. The molecule has 1 atom stereocenters. The summed E-state index contributed by atoms with van der Waals surface area (Å²) in [6, 6.07) is 6.31. The number of ketones is 1. The Kier molecular flexibility index (Phi) is 4.42. The summed E-state index contributed by atoms with van der Waals surface area (Å²) in [5.74, 6) is -1.70. The fraction of sp³-hybridized carbons (Fsp3) is 0.500. The highest BCUT2D eigenvalue weighted by molar-refractivity contribution is 7.90. The fourth-order valence-electron chi connectivity index (χ4n) is 3.31. The van der Waals surface area contributed by atoms with Crippen molar-refractivity contribution in [2.24, 2.45) is 16.2 Å². The van der Waals surface area contributed by atoms with Gasteiger partial charge in [-0.3, -0.25) is 9.59 Å². The number of fused-ring (bicyclic) bond motifs is 1. The summed E-state index contributed by atoms with van der Waals surface area (Å²) in [7, 11) is -3.95. The first-order valence-corrected chi connectivity index (χ1v) is 10.1. The molecule has 0 radical (unpaired) electrons. The van der Waals surface area contributed by atoms with Crippen molar-refractivity contribution in [2.45, 2.75) is 44.6 Å². The number of amides is 1. The first-order chi connectivity index (χ1) is 12.1. The van der Waals surface area contributed by atoms with Crippen molar-refractivity contribution in [3.05, 3.63) is 24.3 Å². The van der Waals surface area contributed by atoms with Crippen molar-refractivity contribution in [3.8, 4) is 0 Å². The van der Waals surface area contributed by atoms with Crippen molar-refractivity contribution in [3.63, 3.8) is 0 Å². The number of rotatable bonds is 4. The number of carbonyl (C=O) groups is 2. The molecule has 1 aromatic carbocycles. The molecule has 1 saturated heterocycles. The van der Waals surface area contributed by atoms with Crippen molar-refractivity contribution >= 4 is 33.2 Å². The number of amidine groups is 1. The highest BCUT2D eigenvalue weighted by Crippen LogP contribution is 2.35. The fourth-order valence-corrected chi connectivity index (χ4v) is 4.46. The number of nitrogens with one attached hydrogen (secondary N) is 1. The van der Waals surface area contributed by atoms with E-state index < -0.39 is 27.4 Å². The maximum absolute atomic E-state index is 13.0. The number of carbonyl (C=O) groups excluding carboxylic acids is 2. The van der Waals surface area contributed by atoms with Gasteiger partial charge in [-0.1, -0.05) is 26.0 Å². The van der Waals surface area contributed by atoms with E-state index in [1.165, 1.54) is 11.0 Å². The van der Waals surface area contributed by atoms with Crippen LogP contribution < -0.4 is 5.32 Å². The van der Waals surface area contributed by atoms with E-state index in [1.54, 1.807) is 32.0 Å². The van der Waals surface area contributed by atoms with Crippen LogP contribution in [0.15, 0.2) is 33.6 Å². The van der Waals surface area contributed by atoms with E-state index in [2.05, 4.69) is 9.71 Å². The third-order valence-electron chi connectivity index (χ3n) is 4.90. The Balaban J connectivity index is 1.99. The zero-order valence-electron chi connectivity index (χ0n) is 15.3. The smallest absolute Gasteiger partial charge is 0.286 e. The highest BCUT2D eigenvalue weighted by Gasteiger charge is 2.55. The molecule has 1 N–H and O–H groups in total. The van der Waals surface area contributed by atoms with Gasteiger partial charge in [0.15, 0.2) is 11.7 Å². The number of Topliss-reactive ketones (excluding diaryl/α,β-unsaturated/α-hetero) is 1. The third kappa shape index (κ3) is 2.92. The molecule has 0 bridgehead atoms. The SMILES string of the molecule is CC(C)CCN1C(=O)C(C2=NS(=O)(=O)c3ccccc3N2)C(=O)C1(C)C. The number of hydrogen-bond donors (Lipinski definition) is 1. The highest BCUT2D eigenvalue weighted by atomic mass is 32.2. The first kappa shape index (κ1) is 18.6. The van der Waals surface area contributed by atoms with Gasteiger partial charge in [0.1, 0.15) is 10.7 Å². The van der Waals surface area contributed by atoms with Gasteiger partial charge in [-0.05, 0) is 38.3 Å². The average Bonchev–Trinajstić information content (AvgIpc) is 2.70. The lowest BCUT2D eigenvalue weighted by Crippen LogP contribution is -2.45. The number of hydrogen-bond acceptors (Lipinski definition) is 5. The van der Waals surface area contributed by atoms with E-state index in [1.807, 2.05) is 13.8 Å². The van der Waals surface area contributed by atoms with Crippen LogP contribution in [0.3, 0.4) is 0 Å². The molecule has 1 amide bonds. The minimum atomic E-state index is -3.95. The number of nitrogens with zero attached hydrogens (tertiary/aromatic N) is 2. The number of anilines is 1. The quantitative estimate of drug-likeness (QED) is 0.810. The molecular weight excluding hydrogens is 354 g/mol. The maximum atomic E-state index is 13.0. The Labute approximate surface area is 153 Å². The van der Waals surface area contributed by atoms with E-state index in [0.717, 1.165) is 6.42 Å². The second kappa shape index (κ2) is 6.19. The van der Waals surface area contributed by atoms with Gasteiger partial charge in [-0.15, -0.1) is 4.40 Å². The second-order valence-electron chi connectivity index (χ2n) is 7.60. The van der Waals surface area contributed by atoms with Crippen molar-refractivity contribution < 1.29 is 18.0 Å². The molecule has 3 rings (SSSR count). The molecule has 1 aromatic rings. The molecule has 2 heterocycles. The molecule has 0 aliphatic carbocycles. The third-order valence-corrected chi connectivity index (χ3v) is 6.25. The number of para-hydroxylation sites is 1. The zero-order chi connectivity index (χ0) is 19.3. The van der Waals surface area contributed by atoms with Gasteiger partial charge >= 0.3 is 0 Å². The largest absolute Gasteiger partial charge is 0.341 e. The van der Waals surface area contributed by atoms with E-state index in [0.29, 0.717) is 18.2 Å². The molecule has 140 valence electrons. The minimum Gasteiger partial charge on any atom is -0.341 e. The standard InChI is InChI=1S/C18H23N3O4S/c1-11(2)9-10-21-17(23)14(15(22)18(21,3)4)16-19-12-7-5-6-8-13(12)26(24,25)20-16/h5-8,11,14H,9-10H2,1-4H3,(H,19,20). The topological polar surface area (TPSA) is 95.9 Å². The van der Waals surface area contributed by atoms with Crippen LogP contribution in [-0.2, 0) is 19.6 Å². The average molecular weight is 377 g/mol. The number of likely N-dealkylation sites (tertiary alicyclic amines) is 1. The molecule has 2 aliphatic rings. The molecule has 0 aromatic heterocycles. The van der Waals surface area contributed by atoms with E-state index in [4.69, 9.17) is 0 Å². The Morgan fingerprint density at radius 3 is 2.54 bits per heavy atom. The Hall–Kier alpha value is -2.22. The summed E-state index contributed by atoms with van der Waals surface area (Å²) < 4.78 is 28.6. The normalized spacial score (nSPS) is 23.7. The van der Waals surface area contributed by atoms with E-state index >= 15 is 0 Å².